The van der Waals surface area contributed by atoms with E-state index in [1.807, 2.05) is 44.7 Å². The van der Waals surface area contributed by atoms with Crippen LogP contribution in [0.1, 0.15) is 25.5 Å². The van der Waals surface area contributed by atoms with Gasteiger partial charge in [0.05, 0.1) is 13.4 Å². The van der Waals surface area contributed by atoms with Crippen LogP contribution in [0.3, 0.4) is 0 Å². The average Bonchev–Trinajstić information content (AvgIpc) is 3.24. The molecule has 8 heteroatoms. The minimum absolute atomic E-state index is 0.238. The van der Waals surface area contributed by atoms with E-state index < -0.39 is 0 Å². The second-order valence-corrected chi connectivity index (χ2v) is 8.41. The van der Waals surface area contributed by atoms with Gasteiger partial charge < -0.3 is 24.8 Å². The number of fused-ring (bicyclic) bond motifs is 1. The van der Waals surface area contributed by atoms with Gasteiger partial charge in [0, 0.05) is 38.1 Å². The fraction of sp³-hybridized carbons (Fsp3) is 0.320. The first-order valence-corrected chi connectivity index (χ1v) is 11.1. The van der Waals surface area contributed by atoms with Crippen LogP contribution >= 0.6 is 0 Å². The third-order valence-corrected chi connectivity index (χ3v) is 5.46. The van der Waals surface area contributed by atoms with Crippen LogP contribution in [-0.2, 0) is 6.42 Å². The summed E-state index contributed by atoms with van der Waals surface area (Å²) in [7, 11) is 5.72. The van der Waals surface area contributed by atoms with Crippen molar-refractivity contribution in [3.63, 3.8) is 0 Å². The molecule has 172 valence electrons. The summed E-state index contributed by atoms with van der Waals surface area (Å²) in [6.07, 6.45) is 2.68. The molecule has 8 nitrogen and oxygen atoms in total. The molecule has 2 heterocycles. The molecule has 2 N–H and O–H groups in total. The van der Waals surface area contributed by atoms with Crippen molar-refractivity contribution in [3.8, 4) is 5.75 Å². The number of benzene rings is 2. The van der Waals surface area contributed by atoms with E-state index in [0.717, 1.165) is 47.1 Å². The van der Waals surface area contributed by atoms with Gasteiger partial charge in [0.1, 0.15) is 5.75 Å². The maximum absolute atomic E-state index is 5.24. The van der Waals surface area contributed by atoms with Crippen LogP contribution in [-0.4, -0.2) is 47.3 Å². The molecule has 2 aromatic carbocycles. The molecule has 0 atom stereocenters. The van der Waals surface area contributed by atoms with E-state index >= 15 is 0 Å². The Labute approximate surface area is 194 Å². The summed E-state index contributed by atoms with van der Waals surface area (Å²) in [5.74, 6) is 2.12. The number of aromatic nitrogens is 4. The largest absolute Gasteiger partial charge is 0.497 e. The van der Waals surface area contributed by atoms with Crippen molar-refractivity contribution in [2.75, 3.05) is 43.3 Å². The van der Waals surface area contributed by atoms with E-state index in [1.165, 1.54) is 5.56 Å². The number of methoxy groups -OCH3 is 1. The monoisotopic (exact) mass is 445 g/mol. The minimum atomic E-state index is 0.238. The molecular formula is C25H31N7O. The molecule has 4 aromatic rings. The van der Waals surface area contributed by atoms with E-state index in [-0.39, 0.29) is 6.04 Å². The lowest BCUT2D eigenvalue weighted by Gasteiger charge is -2.15. The number of anilines is 4. The Morgan fingerprint density at radius 1 is 1.06 bits per heavy atom. The number of hydrogen-bond donors (Lipinski definition) is 2. The van der Waals surface area contributed by atoms with Crippen LogP contribution in [0.5, 0.6) is 5.75 Å². The van der Waals surface area contributed by atoms with Crippen molar-refractivity contribution in [3.05, 3.63) is 60.4 Å². The molecule has 0 spiro atoms. The third kappa shape index (κ3) is 5.16. The molecule has 0 unspecified atom stereocenters. The number of nitrogens with zero attached hydrogens (tertiary/aromatic N) is 5. The number of rotatable bonds is 9. The van der Waals surface area contributed by atoms with Crippen molar-refractivity contribution < 1.29 is 4.74 Å². The first-order valence-electron chi connectivity index (χ1n) is 11.1. The van der Waals surface area contributed by atoms with E-state index in [1.54, 1.807) is 7.11 Å². The normalized spacial score (nSPS) is 11.1. The molecule has 0 bridgehead atoms. The van der Waals surface area contributed by atoms with E-state index in [4.69, 9.17) is 14.7 Å². The molecule has 0 fully saturated rings. The Hall–Kier alpha value is -3.81. The van der Waals surface area contributed by atoms with Crippen LogP contribution in [0.25, 0.3) is 11.2 Å². The number of imidazole rings is 1. The summed E-state index contributed by atoms with van der Waals surface area (Å²) in [6.45, 7) is 4.96. The lowest BCUT2D eigenvalue weighted by Crippen LogP contribution is -2.11. The molecule has 0 amide bonds. The van der Waals surface area contributed by atoms with Gasteiger partial charge in [-0.2, -0.15) is 9.97 Å². The SMILES string of the molecule is COc1ccc(CCNc2nc(Nc3cccc(N(C)C)c3)nc3c2ncn3C(C)C)cc1. The fourth-order valence-electron chi connectivity index (χ4n) is 3.58. The number of nitrogens with one attached hydrogen (secondary N) is 2. The Kier molecular flexibility index (Phi) is 6.63. The average molecular weight is 446 g/mol. The Morgan fingerprint density at radius 3 is 2.55 bits per heavy atom. The minimum Gasteiger partial charge on any atom is -0.497 e. The molecule has 0 aliphatic carbocycles. The van der Waals surface area contributed by atoms with Gasteiger partial charge in [-0.25, -0.2) is 4.98 Å². The van der Waals surface area contributed by atoms with Crippen molar-refractivity contribution in [1.29, 1.82) is 0 Å². The molecule has 0 saturated carbocycles. The molecule has 0 radical (unpaired) electrons. The quantitative estimate of drug-likeness (QED) is 0.380. The van der Waals surface area contributed by atoms with Crippen LogP contribution in [0.2, 0.25) is 0 Å². The zero-order valence-electron chi connectivity index (χ0n) is 19.8. The maximum Gasteiger partial charge on any atom is 0.231 e. The summed E-state index contributed by atoms with van der Waals surface area (Å²) in [5, 5.41) is 6.83. The highest BCUT2D eigenvalue weighted by Crippen LogP contribution is 2.26. The predicted molar refractivity (Wildman–Crippen MR) is 135 cm³/mol. The van der Waals surface area contributed by atoms with Gasteiger partial charge in [-0.05, 0) is 56.2 Å². The van der Waals surface area contributed by atoms with Gasteiger partial charge >= 0.3 is 0 Å². The Bertz CT molecular complexity index is 1220. The highest BCUT2D eigenvalue weighted by atomic mass is 16.5. The van der Waals surface area contributed by atoms with Gasteiger partial charge in [0.15, 0.2) is 17.0 Å². The molecule has 4 rings (SSSR count). The summed E-state index contributed by atoms with van der Waals surface area (Å²) in [4.78, 5) is 16.2. The molecule has 0 saturated heterocycles. The summed E-state index contributed by atoms with van der Waals surface area (Å²) in [5.41, 5.74) is 4.83. The van der Waals surface area contributed by atoms with Crippen molar-refractivity contribution in [2.24, 2.45) is 0 Å². The van der Waals surface area contributed by atoms with Gasteiger partial charge in [0.2, 0.25) is 5.95 Å². The first kappa shape index (κ1) is 22.4. The van der Waals surface area contributed by atoms with Gasteiger partial charge in [-0.3, -0.25) is 0 Å². The fourth-order valence-corrected chi connectivity index (χ4v) is 3.58. The highest BCUT2D eigenvalue weighted by molar-refractivity contribution is 5.85. The first-order chi connectivity index (χ1) is 15.9. The van der Waals surface area contributed by atoms with Crippen molar-refractivity contribution in [1.82, 2.24) is 19.5 Å². The van der Waals surface area contributed by atoms with Crippen LogP contribution in [0, 0.1) is 0 Å². The molecule has 0 aliphatic heterocycles. The lowest BCUT2D eigenvalue weighted by molar-refractivity contribution is 0.414. The molecular weight excluding hydrogens is 414 g/mol. The van der Waals surface area contributed by atoms with Crippen LogP contribution in [0.4, 0.5) is 23.1 Å². The lowest BCUT2D eigenvalue weighted by atomic mass is 10.1. The van der Waals surface area contributed by atoms with Crippen molar-refractivity contribution >= 4 is 34.3 Å². The second kappa shape index (κ2) is 9.77. The van der Waals surface area contributed by atoms with Gasteiger partial charge in [-0.15, -0.1) is 0 Å². The molecule has 2 aromatic heterocycles. The van der Waals surface area contributed by atoms with Crippen molar-refractivity contribution in [2.45, 2.75) is 26.3 Å². The standard InChI is InChI=1S/C25H31N7O/c1-17(2)32-16-27-22-23(26-14-13-18-9-11-21(33-5)12-10-18)29-25(30-24(22)32)28-19-7-6-8-20(15-19)31(3)4/h6-12,15-17H,13-14H2,1-5H3,(H2,26,28,29,30). The van der Waals surface area contributed by atoms with Gasteiger partial charge in [-0.1, -0.05) is 18.2 Å². The van der Waals surface area contributed by atoms with Crippen LogP contribution < -0.4 is 20.3 Å². The highest BCUT2D eigenvalue weighted by Gasteiger charge is 2.15. The van der Waals surface area contributed by atoms with Crippen LogP contribution in [0.15, 0.2) is 54.9 Å². The van der Waals surface area contributed by atoms with E-state index in [0.29, 0.717) is 5.95 Å². The maximum atomic E-state index is 5.24. The van der Waals surface area contributed by atoms with Gasteiger partial charge in [0.25, 0.3) is 0 Å². The second-order valence-electron chi connectivity index (χ2n) is 8.41. The summed E-state index contributed by atoms with van der Waals surface area (Å²) < 4.78 is 7.30. The topological polar surface area (TPSA) is 80.1 Å². The number of hydrogen-bond acceptors (Lipinski definition) is 7. The smallest absolute Gasteiger partial charge is 0.231 e. The summed E-state index contributed by atoms with van der Waals surface area (Å²) >= 11 is 0. The zero-order chi connectivity index (χ0) is 23.4. The predicted octanol–water partition coefficient (Wildman–Crippen LogP) is 4.88. The molecule has 33 heavy (non-hydrogen) atoms. The van der Waals surface area contributed by atoms with E-state index in [2.05, 4.69) is 63.2 Å². The van der Waals surface area contributed by atoms with E-state index in [9.17, 15) is 0 Å². The zero-order valence-corrected chi connectivity index (χ0v) is 19.8. The summed E-state index contributed by atoms with van der Waals surface area (Å²) in [6, 6.07) is 16.5. The molecule has 0 aliphatic rings. The number of ether oxygens (including phenoxy) is 1. The Balaban J connectivity index is 1.59. The third-order valence-electron chi connectivity index (χ3n) is 5.46. The Morgan fingerprint density at radius 2 is 1.85 bits per heavy atom.